The first kappa shape index (κ1) is 80.5. The number of aliphatic hydroxyl groups is 1. The van der Waals surface area contributed by atoms with Gasteiger partial charge in [0.15, 0.2) is 34.5 Å². The van der Waals surface area contributed by atoms with E-state index in [0.29, 0.717) is 26.1 Å². The maximum Gasteiger partial charge on any atom is 0.261 e. The Morgan fingerprint density at radius 2 is 0.859 bits per heavy atom. The van der Waals surface area contributed by atoms with E-state index in [2.05, 4.69) is 224 Å². The highest BCUT2D eigenvalue weighted by atomic mass is 28.4. The van der Waals surface area contributed by atoms with E-state index in [-0.39, 0.29) is 52.1 Å². The van der Waals surface area contributed by atoms with Crippen molar-refractivity contribution in [2.24, 2.45) is 0 Å². The van der Waals surface area contributed by atoms with Gasteiger partial charge in [-0.15, -0.1) is 6.42 Å². The van der Waals surface area contributed by atoms with Gasteiger partial charge in [0.25, 0.3) is 16.6 Å². The van der Waals surface area contributed by atoms with Crippen LogP contribution in [0.3, 0.4) is 0 Å². The molecule has 2 aliphatic heterocycles. The van der Waals surface area contributed by atoms with E-state index >= 15 is 0 Å². The number of carbonyl (C=O) groups is 1. The van der Waals surface area contributed by atoms with Gasteiger partial charge >= 0.3 is 0 Å². The van der Waals surface area contributed by atoms with Gasteiger partial charge in [0.05, 0.1) is 24.4 Å². The van der Waals surface area contributed by atoms with Crippen LogP contribution in [-0.4, -0.2) is 152 Å². The quantitative estimate of drug-likeness (QED) is 0.0275. The highest BCUT2D eigenvalue weighted by Crippen LogP contribution is 2.42. The lowest BCUT2D eigenvalue weighted by molar-refractivity contribution is -0.152. The SMILES string of the molecule is C#C[C@@H](OCOC)[C@H](C)O[Si](c1ccccc1)(c1ccccc1)C(C)(C)C.CC1(C)O[C@@H](CCO[Si](C)(C)C(C)(C)C)[C@@H](C=O)O1.COCO[C@H](C#CC(O)[C@H]1OC(C)(C)O[C@H]1CCO[Si](C)(C)C(C)(C)C)[C@H](C)O[Si](c1ccccc1)(c1ccccc1)C(C)(C)C. The van der Waals surface area contributed by atoms with Crippen LogP contribution in [0.4, 0.5) is 0 Å². The lowest BCUT2D eigenvalue weighted by atomic mass is 10.1. The Morgan fingerprint density at radius 3 is 1.20 bits per heavy atom. The van der Waals surface area contributed by atoms with Crippen molar-refractivity contribution in [2.75, 3.05) is 41.0 Å². The molecule has 512 valence electrons. The molecule has 1 unspecified atom stereocenters. The molecule has 18 heteroatoms. The summed E-state index contributed by atoms with van der Waals surface area (Å²) in [6.07, 6.45) is 3.17. The molecule has 4 aromatic rings. The second kappa shape index (κ2) is 34.3. The fourth-order valence-electron chi connectivity index (χ4n) is 11.1. The number of terminal acetylenes is 1. The minimum atomic E-state index is -2.88. The third kappa shape index (κ3) is 21.8. The van der Waals surface area contributed by atoms with Crippen LogP contribution in [0.15, 0.2) is 121 Å². The Kier molecular flexibility index (Phi) is 30.0. The fraction of sp³-hybridized carbons (Fsp3) is 0.608. The maximum absolute atomic E-state index is 11.4. The molecule has 9 atom stereocenters. The summed E-state index contributed by atoms with van der Waals surface area (Å²) in [6, 6.07) is 41.9. The van der Waals surface area contributed by atoms with Crippen LogP contribution < -0.4 is 20.7 Å². The lowest BCUT2D eigenvalue weighted by Crippen LogP contribution is -2.68. The van der Waals surface area contributed by atoms with Crippen molar-refractivity contribution in [3.05, 3.63) is 121 Å². The van der Waals surface area contributed by atoms with Crippen LogP contribution in [0.1, 0.15) is 137 Å². The van der Waals surface area contributed by atoms with Crippen LogP contribution >= 0.6 is 0 Å². The van der Waals surface area contributed by atoms with E-state index < -0.39 is 81.5 Å². The monoisotopic (exact) mass is 1340 g/mol. The minimum Gasteiger partial charge on any atom is -0.417 e. The molecule has 0 radical (unpaired) electrons. The Balaban J connectivity index is 0.000000330. The molecule has 4 aromatic carbocycles. The smallest absolute Gasteiger partial charge is 0.261 e. The summed E-state index contributed by atoms with van der Waals surface area (Å²) in [5, 5.41) is 16.1. The first-order chi connectivity index (χ1) is 42.7. The number of hydrogen-bond donors (Lipinski definition) is 1. The Bertz CT molecular complexity index is 2820. The number of benzene rings is 4. The predicted molar refractivity (Wildman–Crippen MR) is 382 cm³/mol. The molecular weight excluding hydrogens is 1230 g/mol. The van der Waals surface area contributed by atoms with Crippen LogP contribution in [0.25, 0.3) is 0 Å². The molecule has 14 nitrogen and oxygen atoms in total. The van der Waals surface area contributed by atoms with E-state index in [0.717, 1.165) is 6.29 Å². The van der Waals surface area contributed by atoms with Crippen molar-refractivity contribution in [2.45, 2.75) is 250 Å². The molecule has 92 heavy (non-hydrogen) atoms. The average Bonchev–Trinajstić information content (AvgIpc) is 1.29. The molecule has 0 bridgehead atoms. The molecule has 0 saturated carbocycles. The molecule has 6 rings (SSSR count). The van der Waals surface area contributed by atoms with Gasteiger partial charge in [0, 0.05) is 27.4 Å². The van der Waals surface area contributed by atoms with E-state index in [1.165, 1.54) is 20.7 Å². The molecule has 0 amide bonds. The first-order valence-electron chi connectivity index (χ1n) is 32.6. The zero-order valence-corrected chi connectivity index (χ0v) is 64.4. The number of methoxy groups -OCH3 is 2. The number of aliphatic hydroxyl groups excluding tert-OH is 1. The summed E-state index contributed by atoms with van der Waals surface area (Å²) in [5.41, 5.74) is 0. The van der Waals surface area contributed by atoms with Gasteiger partial charge in [0.2, 0.25) is 0 Å². The lowest BCUT2D eigenvalue weighted by Gasteiger charge is -2.45. The average molecular weight is 1340 g/mol. The maximum atomic E-state index is 11.4. The predicted octanol–water partition coefficient (Wildman–Crippen LogP) is 12.9. The van der Waals surface area contributed by atoms with Gasteiger partial charge in [-0.05, 0) is 121 Å². The van der Waals surface area contributed by atoms with Crippen molar-refractivity contribution < 1.29 is 65.5 Å². The van der Waals surface area contributed by atoms with Gasteiger partial charge < -0.3 is 65.5 Å². The van der Waals surface area contributed by atoms with Crippen LogP contribution in [-0.2, 0) is 60.4 Å². The summed E-state index contributed by atoms with van der Waals surface area (Å²) in [6.45, 7) is 48.3. The normalized spacial score (nSPS) is 20.3. The van der Waals surface area contributed by atoms with Gasteiger partial charge in [0.1, 0.15) is 44.1 Å². The fourth-order valence-corrected chi connectivity index (χ4v) is 22.6. The number of rotatable bonds is 26. The van der Waals surface area contributed by atoms with Crippen molar-refractivity contribution in [1.29, 1.82) is 0 Å². The highest BCUT2D eigenvalue weighted by Gasteiger charge is 2.54. The molecule has 2 aliphatic rings. The summed E-state index contributed by atoms with van der Waals surface area (Å²) in [4.78, 5) is 11.0. The zero-order valence-electron chi connectivity index (χ0n) is 60.4. The van der Waals surface area contributed by atoms with Gasteiger partial charge in [-0.2, -0.15) is 0 Å². The second-order valence-corrected chi connectivity index (χ2v) is 48.2. The summed E-state index contributed by atoms with van der Waals surface area (Å²) >= 11 is 0. The molecule has 0 aromatic heterocycles. The number of ether oxygens (including phenoxy) is 8. The van der Waals surface area contributed by atoms with E-state index in [9.17, 15) is 9.90 Å². The van der Waals surface area contributed by atoms with Crippen LogP contribution in [0, 0.1) is 24.2 Å². The molecule has 1 N–H and O–H groups in total. The number of aldehydes is 1. The third-order valence-corrected chi connectivity index (χ3v) is 37.2. The van der Waals surface area contributed by atoms with Crippen molar-refractivity contribution >= 4 is 60.3 Å². The van der Waals surface area contributed by atoms with Gasteiger partial charge in [-0.25, -0.2) is 0 Å². The zero-order chi connectivity index (χ0) is 69.2. The Hall–Kier alpha value is -3.98. The third-order valence-electron chi connectivity index (χ3n) is 17.9. The Labute approximate surface area is 559 Å². The van der Waals surface area contributed by atoms with Crippen molar-refractivity contribution in [1.82, 2.24) is 0 Å². The molecule has 0 aliphatic carbocycles. The number of hydrogen-bond acceptors (Lipinski definition) is 14. The highest BCUT2D eigenvalue weighted by molar-refractivity contribution is 7.00. The summed E-state index contributed by atoms with van der Waals surface area (Å²) in [7, 11) is -6.02. The van der Waals surface area contributed by atoms with Crippen LogP contribution in [0.2, 0.25) is 46.3 Å². The molecule has 2 saturated heterocycles. The molecule has 0 spiro atoms. The van der Waals surface area contributed by atoms with E-state index in [1.807, 2.05) is 65.8 Å². The Morgan fingerprint density at radius 1 is 0.522 bits per heavy atom. The van der Waals surface area contributed by atoms with Crippen molar-refractivity contribution in [3.8, 4) is 24.2 Å². The first-order valence-corrected chi connectivity index (χ1v) is 42.2. The molecule has 2 fully saturated rings. The second-order valence-electron chi connectivity index (χ2n) is 30.1. The minimum absolute atomic E-state index is 0.0351. The topological polar surface area (TPSA) is 148 Å². The van der Waals surface area contributed by atoms with E-state index in [1.54, 1.807) is 14.2 Å². The van der Waals surface area contributed by atoms with Gasteiger partial charge in [-0.1, -0.05) is 222 Å². The van der Waals surface area contributed by atoms with Crippen LogP contribution in [0.5, 0.6) is 0 Å². The van der Waals surface area contributed by atoms with Crippen molar-refractivity contribution in [3.63, 3.8) is 0 Å². The van der Waals surface area contributed by atoms with E-state index in [4.69, 9.17) is 62.0 Å². The summed E-state index contributed by atoms with van der Waals surface area (Å²) < 4.78 is 72.5. The largest absolute Gasteiger partial charge is 0.417 e. The number of carbonyl (C=O) groups excluding carboxylic acids is 1. The standard InChI is InChI=1S/C37H58O7Si2.C23H30O3Si.C14H28O4Si/c1-28(44-46(36(5,6)7,29-19-15-13-16-20-29)30-21-17-14-18-22-30)32(40-27-39-10)24-23-31(38)34-33(42-37(8,9)43-34)25-26-41-45(11,12)35(2,3)4;1-7-22(25-18-24-6)19(2)26-27(23(3,4)5,20-14-10-8-11-15-20)21-16-12-9-13-17-21;1-13(2,3)19(6,7)16-9-8-11-12(10-15)18-14(4,5)17-11/h13-22,28,31-34,38H,25-27H2,1-12H3;1,8-17,19,22H,18H2,2-6H3;10-12H,8-9H2,1-7H3/t28-,31?,32+,33-,34+;19-,22+;11-,12+/m000/s1. The molecular formula is C74H116O14Si4. The molecule has 2 heterocycles. The summed E-state index contributed by atoms with van der Waals surface area (Å²) in [5.74, 6) is 7.42. The van der Waals surface area contributed by atoms with Gasteiger partial charge in [-0.3, -0.25) is 0 Å².